The molecule has 0 fully saturated rings. The van der Waals surface area contributed by atoms with Gasteiger partial charge in [-0.3, -0.25) is 4.79 Å². The average molecular weight is 517 g/mol. The number of aromatic nitrogens is 3. The van der Waals surface area contributed by atoms with Crippen LogP contribution in [0, 0.1) is 13.8 Å². The molecule has 0 bridgehead atoms. The van der Waals surface area contributed by atoms with E-state index in [0.717, 1.165) is 28.5 Å². The molecule has 0 unspecified atom stereocenters. The summed E-state index contributed by atoms with van der Waals surface area (Å²) in [6.45, 7) is 0.874. The molecule has 0 aliphatic heterocycles. The van der Waals surface area contributed by atoms with E-state index in [2.05, 4.69) is 20.3 Å². The number of ketones is 1. The largest absolute Gasteiger partial charge is 0.497 e. The number of benzene rings is 2. The Morgan fingerprint density at radius 3 is 2.43 bits per heavy atom. The number of hydrogen-bond donors (Lipinski definition) is 1. The summed E-state index contributed by atoms with van der Waals surface area (Å²) in [5, 5.41) is 12.1. The number of rotatable bonds is 10. The minimum absolute atomic E-state index is 0.0353. The van der Waals surface area contributed by atoms with Crippen LogP contribution >= 0.6 is 23.1 Å². The molecule has 11 heteroatoms. The zero-order valence-corrected chi connectivity index (χ0v) is 20.8. The summed E-state index contributed by atoms with van der Waals surface area (Å²) < 4.78 is 37.0. The van der Waals surface area contributed by atoms with Gasteiger partial charge in [0.2, 0.25) is 5.13 Å². The number of halogens is 2. The number of nitrogens with one attached hydrogen (secondary N) is 1. The van der Waals surface area contributed by atoms with E-state index in [1.54, 1.807) is 19.2 Å². The molecule has 2 aromatic carbocycles. The molecule has 0 spiro atoms. The Morgan fingerprint density at radius 1 is 1.09 bits per heavy atom. The van der Waals surface area contributed by atoms with Crippen LogP contribution in [0.1, 0.15) is 21.7 Å². The Bertz CT molecular complexity index is 1310. The Kier molecular flexibility index (Phi) is 7.67. The molecule has 4 rings (SSSR count). The zero-order valence-electron chi connectivity index (χ0n) is 19.1. The second kappa shape index (κ2) is 10.9. The topological polar surface area (TPSA) is 78.3 Å². The molecule has 1 N–H and O–H groups in total. The lowest BCUT2D eigenvalue weighted by Gasteiger charge is -2.11. The smallest absolute Gasteiger partial charge is 0.387 e. The highest BCUT2D eigenvalue weighted by Gasteiger charge is 2.18. The maximum Gasteiger partial charge on any atom is 0.387 e. The number of thioether (sulfide) groups is 1. The summed E-state index contributed by atoms with van der Waals surface area (Å²) in [6.07, 6.45) is 0. The fraction of sp³-hybridized carbons (Fsp3) is 0.208. The third kappa shape index (κ3) is 5.98. The molecule has 0 amide bonds. The van der Waals surface area contributed by atoms with Gasteiger partial charge in [-0.25, -0.2) is 0 Å². The van der Waals surface area contributed by atoms with Gasteiger partial charge in [-0.1, -0.05) is 23.1 Å². The minimum atomic E-state index is -2.88. The van der Waals surface area contributed by atoms with Crippen LogP contribution in [0.4, 0.5) is 19.6 Å². The van der Waals surface area contributed by atoms with Crippen molar-refractivity contribution in [3.63, 3.8) is 0 Å². The molecule has 0 atom stereocenters. The third-order valence-electron chi connectivity index (χ3n) is 5.13. The summed E-state index contributed by atoms with van der Waals surface area (Å²) in [6, 6.07) is 15.6. The van der Waals surface area contributed by atoms with E-state index in [1.807, 2.05) is 48.7 Å². The predicted octanol–water partition coefficient (Wildman–Crippen LogP) is 6.27. The molecule has 0 aliphatic carbocycles. The number of Topliss-reactive ketones (excluding diaryl/α,β-unsaturated/α-hetero) is 1. The third-order valence-corrected chi connectivity index (χ3v) is 7.10. The molecule has 2 heterocycles. The maximum atomic E-state index is 13.0. The van der Waals surface area contributed by atoms with Crippen molar-refractivity contribution in [1.29, 1.82) is 0 Å². The lowest BCUT2D eigenvalue weighted by Crippen LogP contribution is -2.06. The van der Waals surface area contributed by atoms with Gasteiger partial charge in [-0.15, -0.1) is 10.2 Å². The fourth-order valence-electron chi connectivity index (χ4n) is 3.54. The van der Waals surface area contributed by atoms with Crippen LogP contribution in [-0.4, -0.2) is 40.0 Å². The van der Waals surface area contributed by atoms with Crippen LogP contribution in [0.5, 0.6) is 11.5 Å². The van der Waals surface area contributed by atoms with Gasteiger partial charge < -0.3 is 19.4 Å². The van der Waals surface area contributed by atoms with Gasteiger partial charge in [-0.2, -0.15) is 8.78 Å². The second-order valence-electron chi connectivity index (χ2n) is 7.43. The van der Waals surface area contributed by atoms with Gasteiger partial charge in [0.25, 0.3) is 0 Å². The molecule has 0 radical (unpaired) electrons. The Hall–Kier alpha value is -3.44. The summed E-state index contributed by atoms with van der Waals surface area (Å²) >= 11 is 2.69. The van der Waals surface area contributed by atoms with Gasteiger partial charge >= 0.3 is 6.61 Å². The number of nitrogens with zero attached hydrogens (tertiary/aromatic N) is 3. The summed E-state index contributed by atoms with van der Waals surface area (Å²) in [4.78, 5) is 13.0. The van der Waals surface area contributed by atoms with Gasteiger partial charge in [0, 0.05) is 28.3 Å². The van der Waals surface area contributed by atoms with Crippen LogP contribution in [0.15, 0.2) is 58.9 Å². The number of carbonyl (C=O) groups excluding carboxylic acids is 1. The van der Waals surface area contributed by atoms with Crippen molar-refractivity contribution < 1.29 is 23.0 Å². The highest BCUT2D eigenvalue weighted by atomic mass is 32.2. The average Bonchev–Trinajstić information content (AvgIpc) is 3.41. The molecular weight excluding hydrogens is 494 g/mol. The number of carbonyl (C=O) groups is 1. The Morgan fingerprint density at radius 2 is 1.77 bits per heavy atom. The van der Waals surface area contributed by atoms with Gasteiger partial charge in [0.15, 0.2) is 10.1 Å². The molecule has 4 aromatic rings. The molecule has 0 saturated carbocycles. The SMILES string of the molecule is COc1ccc(Nc2nnc(SCC(=O)c3cc(C)n(-c4ccc(OC(F)F)cc4)c3C)s2)cc1. The van der Waals surface area contributed by atoms with Gasteiger partial charge in [0.05, 0.1) is 12.9 Å². The van der Waals surface area contributed by atoms with Crippen LogP contribution in [0.25, 0.3) is 5.69 Å². The van der Waals surface area contributed by atoms with E-state index in [9.17, 15) is 13.6 Å². The predicted molar refractivity (Wildman–Crippen MR) is 133 cm³/mol. The quantitative estimate of drug-likeness (QED) is 0.196. The molecule has 0 saturated heterocycles. The number of hydrogen-bond acceptors (Lipinski definition) is 8. The minimum Gasteiger partial charge on any atom is -0.497 e. The molecule has 182 valence electrons. The van der Waals surface area contributed by atoms with Crippen molar-refractivity contribution in [2.75, 3.05) is 18.2 Å². The number of ether oxygens (including phenoxy) is 2. The first-order valence-electron chi connectivity index (χ1n) is 10.5. The molecule has 7 nitrogen and oxygen atoms in total. The normalized spacial score (nSPS) is 11.0. The molecular formula is C24H22F2N4O3S2. The van der Waals surface area contributed by atoms with E-state index in [-0.39, 0.29) is 17.3 Å². The summed E-state index contributed by atoms with van der Waals surface area (Å²) in [7, 11) is 1.61. The first-order chi connectivity index (χ1) is 16.8. The lowest BCUT2D eigenvalue weighted by atomic mass is 10.2. The van der Waals surface area contributed by atoms with E-state index in [0.29, 0.717) is 15.0 Å². The van der Waals surface area contributed by atoms with Crippen molar-refractivity contribution in [2.24, 2.45) is 0 Å². The highest BCUT2D eigenvalue weighted by Crippen LogP contribution is 2.30. The second-order valence-corrected chi connectivity index (χ2v) is 9.63. The van der Waals surface area contributed by atoms with E-state index < -0.39 is 6.61 Å². The molecule has 2 aromatic heterocycles. The Balaban J connectivity index is 1.40. The van der Waals surface area contributed by atoms with Crippen molar-refractivity contribution in [3.8, 4) is 17.2 Å². The van der Waals surface area contributed by atoms with Crippen LogP contribution < -0.4 is 14.8 Å². The standard InChI is InChI=1S/C24H22F2N4O3S2/c1-14-12-20(15(2)30(14)17-6-10-19(11-7-17)33-22(25)26)21(31)13-34-24-29-28-23(35-24)27-16-4-8-18(32-3)9-5-16/h4-12,22H,13H2,1-3H3,(H,27,28). The zero-order chi connectivity index (χ0) is 24.9. The highest BCUT2D eigenvalue weighted by molar-refractivity contribution is 8.01. The maximum absolute atomic E-state index is 13.0. The fourth-order valence-corrected chi connectivity index (χ4v) is 5.20. The van der Waals surface area contributed by atoms with Crippen molar-refractivity contribution in [3.05, 3.63) is 71.5 Å². The summed E-state index contributed by atoms with van der Waals surface area (Å²) in [5.41, 5.74) is 3.85. The van der Waals surface area contributed by atoms with E-state index in [1.165, 1.54) is 35.2 Å². The van der Waals surface area contributed by atoms with Crippen molar-refractivity contribution in [1.82, 2.24) is 14.8 Å². The van der Waals surface area contributed by atoms with Crippen LogP contribution in [0.2, 0.25) is 0 Å². The lowest BCUT2D eigenvalue weighted by molar-refractivity contribution is -0.0498. The van der Waals surface area contributed by atoms with Crippen molar-refractivity contribution >= 4 is 39.7 Å². The summed E-state index contributed by atoms with van der Waals surface area (Å²) in [5.74, 6) is 1.02. The van der Waals surface area contributed by atoms with Crippen LogP contribution in [0.3, 0.4) is 0 Å². The number of alkyl halides is 2. The Labute approximate surface area is 209 Å². The first kappa shape index (κ1) is 24.7. The van der Waals surface area contributed by atoms with Gasteiger partial charge in [0.1, 0.15) is 11.5 Å². The van der Waals surface area contributed by atoms with E-state index in [4.69, 9.17) is 4.74 Å². The molecule has 0 aliphatic rings. The van der Waals surface area contributed by atoms with Gasteiger partial charge in [-0.05, 0) is 68.4 Å². The molecule has 35 heavy (non-hydrogen) atoms. The van der Waals surface area contributed by atoms with Crippen LogP contribution in [-0.2, 0) is 0 Å². The van der Waals surface area contributed by atoms with Crippen molar-refractivity contribution in [2.45, 2.75) is 24.8 Å². The van der Waals surface area contributed by atoms with E-state index >= 15 is 0 Å². The monoisotopic (exact) mass is 516 g/mol. The number of methoxy groups -OCH3 is 1. The number of aryl methyl sites for hydroxylation is 1. The number of anilines is 2. The first-order valence-corrected chi connectivity index (χ1v) is 12.3.